The second-order valence-electron chi connectivity index (χ2n) is 3.83. The van der Waals surface area contributed by atoms with Crippen LogP contribution in [0.4, 0.5) is 0 Å². The fourth-order valence-electron chi connectivity index (χ4n) is 1.37. The molecule has 1 aromatic carbocycles. The first-order valence-electron chi connectivity index (χ1n) is 5.60. The Bertz CT molecular complexity index is 612. The first-order chi connectivity index (χ1) is 9.06. The summed E-state index contributed by atoms with van der Waals surface area (Å²) in [6.45, 7) is 1.40. The molecule has 6 nitrogen and oxygen atoms in total. The van der Waals surface area contributed by atoms with Gasteiger partial charge in [-0.25, -0.2) is 9.78 Å². The van der Waals surface area contributed by atoms with Gasteiger partial charge in [0.15, 0.2) is 11.7 Å². The molecule has 0 saturated heterocycles. The van der Waals surface area contributed by atoms with Gasteiger partial charge in [0, 0.05) is 12.2 Å². The second kappa shape index (κ2) is 5.34. The highest BCUT2D eigenvalue weighted by atomic mass is 16.5. The molecule has 0 aliphatic heterocycles. The van der Waals surface area contributed by atoms with Gasteiger partial charge in [-0.3, -0.25) is 4.79 Å². The zero-order valence-corrected chi connectivity index (χ0v) is 10.2. The van der Waals surface area contributed by atoms with Crippen molar-refractivity contribution in [3.05, 3.63) is 36.2 Å². The third-order valence-electron chi connectivity index (χ3n) is 2.37. The predicted octanol–water partition coefficient (Wildman–Crippen LogP) is 1.26. The molecule has 0 spiro atoms. The predicted molar refractivity (Wildman–Crippen MR) is 67.8 cm³/mol. The van der Waals surface area contributed by atoms with Crippen LogP contribution in [0.3, 0.4) is 0 Å². The van der Waals surface area contributed by atoms with Crippen LogP contribution in [0, 0.1) is 0 Å². The van der Waals surface area contributed by atoms with Gasteiger partial charge in [0.05, 0.1) is 0 Å². The Morgan fingerprint density at radius 2 is 2.16 bits per heavy atom. The van der Waals surface area contributed by atoms with E-state index in [4.69, 9.17) is 14.9 Å². The van der Waals surface area contributed by atoms with Crippen molar-refractivity contribution in [2.75, 3.05) is 0 Å². The molecule has 0 saturated carbocycles. The topological polar surface area (TPSA) is 95.4 Å². The second-order valence-corrected chi connectivity index (χ2v) is 3.83. The Balaban J connectivity index is 2.05. The Kier molecular flexibility index (Phi) is 3.61. The molecule has 0 aliphatic rings. The number of amides is 1. The number of carbonyl (C=O) groups is 2. The van der Waals surface area contributed by atoms with Crippen LogP contribution in [0.5, 0.6) is 0 Å². The highest BCUT2D eigenvalue weighted by molar-refractivity contribution is 5.89. The van der Waals surface area contributed by atoms with Crippen molar-refractivity contribution in [2.45, 2.75) is 13.0 Å². The quantitative estimate of drug-likeness (QED) is 0.659. The summed E-state index contributed by atoms with van der Waals surface area (Å²) in [6.07, 6.45) is 1.53. The number of nitrogens with two attached hydrogens (primary N) is 1. The van der Waals surface area contributed by atoms with E-state index >= 15 is 0 Å². The Hall–Kier alpha value is -2.63. The summed E-state index contributed by atoms with van der Waals surface area (Å²) in [6, 6.07) is 7.22. The summed E-state index contributed by atoms with van der Waals surface area (Å²) in [7, 11) is 0. The molecule has 2 aromatic rings. The van der Waals surface area contributed by atoms with E-state index in [0.29, 0.717) is 11.1 Å². The molecule has 0 aliphatic carbocycles. The summed E-state index contributed by atoms with van der Waals surface area (Å²) in [5.74, 6) is -1.11. The molecular weight excluding hydrogens is 248 g/mol. The number of benzene rings is 1. The number of esters is 1. The van der Waals surface area contributed by atoms with Gasteiger partial charge in [-0.15, -0.1) is 0 Å². The molecule has 1 amide bonds. The average Bonchev–Trinajstić information content (AvgIpc) is 2.78. The smallest absolute Gasteiger partial charge is 0.331 e. The number of primary amides is 1. The molecule has 0 bridgehead atoms. The molecular formula is C13H12N2O4. The van der Waals surface area contributed by atoms with Gasteiger partial charge in [-0.1, -0.05) is 12.1 Å². The number of para-hydroxylation sites is 2. The standard InChI is InChI=1S/C13H12N2O4/c1-8(13(14)17)18-12(16)7-6-11-15-9-4-2-3-5-10(9)19-11/h2-8H,1H3,(H2,14,17)/b7-6+/t8-/m1/s1. The first-order valence-corrected chi connectivity index (χ1v) is 5.60. The minimum absolute atomic E-state index is 0.282. The van der Waals surface area contributed by atoms with Gasteiger partial charge >= 0.3 is 5.97 Å². The number of rotatable bonds is 4. The van der Waals surface area contributed by atoms with Crippen molar-refractivity contribution in [3.63, 3.8) is 0 Å². The third kappa shape index (κ3) is 3.19. The van der Waals surface area contributed by atoms with Crippen LogP contribution in [0.2, 0.25) is 0 Å². The van der Waals surface area contributed by atoms with Crippen molar-refractivity contribution < 1.29 is 18.7 Å². The average molecular weight is 260 g/mol. The Morgan fingerprint density at radius 3 is 2.84 bits per heavy atom. The summed E-state index contributed by atoms with van der Waals surface area (Å²) in [5.41, 5.74) is 6.29. The van der Waals surface area contributed by atoms with Crippen LogP contribution in [-0.2, 0) is 14.3 Å². The molecule has 1 atom stereocenters. The number of nitrogens with zero attached hydrogens (tertiary/aromatic N) is 1. The van der Waals surface area contributed by atoms with Crippen LogP contribution in [0.15, 0.2) is 34.8 Å². The van der Waals surface area contributed by atoms with Crippen LogP contribution < -0.4 is 5.73 Å². The van der Waals surface area contributed by atoms with E-state index in [0.717, 1.165) is 6.08 Å². The largest absolute Gasteiger partial charge is 0.449 e. The zero-order valence-electron chi connectivity index (χ0n) is 10.2. The molecule has 2 rings (SSSR count). The maximum Gasteiger partial charge on any atom is 0.331 e. The third-order valence-corrected chi connectivity index (χ3v) is 2.37. The number of fused-ring (bicyclic) bond motifs is 1. The molecule has 6 heteroatoms. The minimum atomic E-state index is -0.971. The minimum Gasteiger partial charge on any atom is -0.449 e. The van der Waals surface area contributed by atoms with E-state index in [1.165, 1.54) is 13.0 Å². The molecule has 0 radical (unpaired) electrons. The molecule has 98 valence electrons. The fourth-order valence-corrected chi connectivity index (χ4v) is 1.37. The summed E-state index contributed by atoms with van der Waals surface area (Å²) in [4.78, 5) is 26.2. The van der Waals surface area contributed by atoms with Crippen molar-refractivity contribution in [1.29, 1.82) is 0 Å². The summed E-state index contributed by atoms with van der Waals surface area (Å²) in [5, 5.41) is 0. The summed E-state index contributed by atoms with van der Waals surface area (Å²) >= 11 is 0. The number of oxazole rings is 1. The van der Waals surface area contributed by atoms with Gasteiger partial charge in [0.2, 0.25) is 5.89 Å². The Morgan fingerprint density at radius 1 is 1.42 bits per heavy atom. The lowest BCUT2D eigenvalue weighted by Crippen LogP contribution is -2.29. The number of ether oxygens (including phenoxy) is 1. The molecule has 1 aromatic heterocycles. The van der Waals surface area contributed by atoms with Crippen LogP contribution >= 0.6 is 0 Å². The number of carbonyl (C=O) groups excluding carboxylic acids is 2. The van der Waals surface area contributed by atoms with Crippen LogP contribution in [0.25, 0.3) is 17.2 Å². The monoisotopic (exact) mass is 260 g/mol. The van der Waals surface area contributed by atoms with Crippen LogP contribution in [-0.4, -0.2) is 23.0 Å². The van der Waals surface area contributed by atoms with E-state index in [9.17, 15) is 9.59 Å². The van der Waals surface area contributed by atoms with E-state index in [1.54, 1.807) is 12.1 Å². The van der Waals surface area contributed by atoms with Gasteiger partial charge in [0.1, 0.15) is 5.52 Å². The lowest BCUT2D eigenvalue weighted by atomic mass is 10.3. The highest BCUT2D eigenvalue weighted by Gasteiger charge is 2.12. The van der Waals surface area contributed by atoms with Gasteiger partial charge in [-0.2, -0.15) is 0 Å². The van der Waals surface area contributed by atoms with E-state index < -0.39 is 18.0 Å². The van der Waals surface area contributed by atoms with Crippen LogP contribution in [0.1, 0.15) is 12.8 Å². The number of hydrogen-bond donors (Lipinski definition) is 1. The molecule has 2 N–H and O–H groups in total. The normalized spacial score (nSPS) is 12.7. The number of hydrogen-bond acceptors (Lipinski definition) is 5. The van der Waals surface area contributed by atoms with E-state index in [-0.39, 0.29) is 5.89 Å². The lowest BCUT2D eigenvalue weighted by molar-refractivity contribution is -0.148. The molecule has 0 unspecified atom stereocenters. The van der Waals surface area contributed by atoms with E-state index in [1.807, 2.05) is 12.1 Å². The van der Waals surface area contributed by atoms with Gasteiger partial charge < -0.3 is 14.9 Å². The van der Waals surface area contributed by atoms with Crippen molar-refractivity contribution in [2.24, 2.45) is 5.73 Å². The first kappa shape index (κ1) is 12.8. The van der Waals surface area contributed by atoms with E-state index in [2.05, 4.69) is 4.98 Å². The van der Waals surface area contributed by atoms with Crippen molar-refractivity contribution in [3.8, 4) is 0 Å². The Labute approximate surface area is 108 Å². The summed E-state index contributed by atoms with van der Waals surface area (Å²) < 4.78 is 10.1. The SMILES string of the molecule is C[C@@H](OC(=O)/C=C/c1nc2ccccc2o1)C(N)=O. The number of aromatic nitrogens is 1. The molecule has 19 heavy (non-hydrogen) atoms. The fraction of sp³-hybridized carbons (Fsp3) is 0.154. The van der Waals surface area contributed by atoms with Crippen molar-refractivity contribution >= 4 is 29.1 Å². The maximum absolute atomic E-state index is 11.4. The highest BCUT2D eigenvalue weighted by Crippen LogP contribution is 2.15. The van der Waals surface area contributed by atoms with Gasteiger partial charge in [0.25, 0.3) is 5.91 Å². The lowest BCUT2D eigenvalue weighted by Gasteiger charge is -2.06. The maximum atomic E-state index is 11.4. The van der Waals surface area contributed by atoms with Crippen molar-refractivity contribution in [1.82, 2.24) is 4.98 Å². The molecule has 0 fully saturated rings. The van der Waals surface area contributed by atoms with Gasteiger partial charge in [-0.05, 0) is 19.1 Å². The zero-order chi connectivity index (χ0) is 13.8. The molecule has 1 heterocycles.